The van der Waals surface area contributed by atoms with Crippen molar-refractivity contribution in [1.29, 1.82) is 0 Å². The number of aliphatic hydroxyl groups is 4. The minimum absolute atomic E-state index is 0.0410. The molecule has 4 N–H and O–H groups in total. The van der Waals surface area contributed by atoms with Crippen molar-refractivity contribution in [3.05, 3.63) is 12.2 Å². The fourth-order valence-electron chi connectivity index (χ4n) is 3.95. The first-order valence-electron chi connectivity index (χ1n) is 9.60. The molecule has 156 valence electrons. The number of rotatable bonds is 8. The summed E-state index contributed by atoms with van der Waals surface area (Å²) in [5.41, 5.74) is 0. The topological polar surface area (TPSA) is 126 Å². The lowest BCUT2D eigenvalue weighted by atomic mass is 9.88. The molecule has 0 aromatic carbocycles. The van der Waals surface area contributed by atoms with Gasteiger partial charge in [-0.25, -0.2) is 0 Å². The van der Waals surface area contributed by atoms with Crippen molar-refractivity contribution in [2.75, 3.05) is 13.7 Å². The molecule has 0 spiro atoms. The molecule has 1 saturated heterocycles. The Morgan fingerprint density at radius 1 is 1.15 bits per heavy atom. The highest BCUT2D eigenvalue weighted by Crippen LogP contribution is 2.40. The lowest BCUT2D eigenvalue weighted by molar-refractivity contribution is -0.313. The Hall–Kier alpha value is -1.03. The predicted molar refractivity (Wildman–Crippen MR) is 95.5 cm³/mol. The van der Waals surface area contributed by atoms with E-state index in [1.165, 1.54) is 7.11 Å². The summed E-state index contributed by atoms with van der Waals surface area (Å²) in [7, 11) is 1.37. The maximum absolute atomic E-state index is 11.7. The van der Waals surface area contributed by atoms with Gasteiger partial charge in [0.2, 0.25) is 0 Å². The third kappa shape index (κ3) is 5.49. The average molecular weight is 388 g/mol. The van der Waals surface area contributed by atoms with Gasteiger partial charge in [0.15, 0.2) is 6.29 Å². The van der Waals surface area contributed by atoms with Crippen molar-refractivity contribution in [2.45, 2.75) is 75.8 Å². The smallest absolute Gasteiger partial charge is 0.305 e. The third-order valence-electron chi connectivity index (χ3n) is 5.53. The van der Waals surface area contributed by atoms with Gasteiger partial charge in [0.1, 0.15) is 24.4 Å². The van der Waals surface area contributed by atoms with Gasteiger partial charge in [-0.15, -0.1) is 0 Å². The van der Waals surface area contributed by atoms with Gasteiger partial charge >= 0.3 is 5.97 Å². The van der Waals surface area contributed by atoms with E-state index in [-0.39, 0.29) is 23.9 Å². The highest BCUT2D eigenvalue weighted by Gasteiger charge is 2.47. The third-order valence-corrected chi connectivity index (χ3v) is 5.53. The summed E-state index contributed by atoms with van der Waals surface area (Å²) in [6.07, 6.45) is 0.775. The predicted octanol–water partition coefficient (Wildman–Crippen LogP) is 0.117. The molecule has 1 aliphatic carbocycles. The Morgan fingerprint density at radius 3 is 2.52 bits per heavy atom. The van der Waals surface area contributed by atoms with E-state index in [4.69, 9.17) is 14.2 Å². The van der Waals surface area contributed by atoms with Crippen LogP contribution in [0.4, 0.5) is 0 Å². The molecule has 2 aliphatic rings. The van der Waals surface area contributed by atoms with Crippen molar-refractivity contribution in [3.8, 4) is 0 Å². The molecule has 8 nitrogen and oxygen atoms in total. The van der Waals surface area contributed by atoms with Crippen LogP contribution in [-0.2, 0) is 19.0 Å². The van der Waals surface area contributed by atoms with Gasteiger partial charge in [-0.3, -0.25) is 4.79 Å². The molecular weight excluding hydrogens is 356 g/mol. The second kappa shape index (κ2) is 10.5. The Bertz CT molecular complexity index is 494. The molecule has 0 amide bonds. The van der Waals surface area contributed by atoms with Crippen molar-refractivity contribution in [2.24, 2.45) is 11.8 Å². The lowest BCUT2D eigenvalue weighted by Gasteiger charge is -2.41. The first kappa shape index (κ1) is 22.3. The standard InChI is InChI=1S/C19H32O8/c1-3-4-5-6-12-11(9-15(21)25-2)7-8-13(12)26-19-18(24)17(23)16(22)14(10-20)27-19/h4-5,11-14,16-20,22-24H,3,6-10H2,1-2H3/t11-,12+,13+,14-,16-,17+,18-,19-/m1/s1. The summed E-state index contributed by atoms with van der Waals surface area (Å²) in [6, 6.07) is 0. The molecule has 2 rings (SSSR count). The normalized spacial score (nSPS) is 39.8. The molecule has 2 fully saturated rings. The van der Waals surface area contributed by atoms with Crippen LogP contribution in [0.25, 0.3) is 0 Å². The SMILES string of the molecule is CCC=CC[C@H]1[C@@H](CC(=O)OC)CC[C@@H]1O[C@@H]1O[C@H](CO)[C@@H](O)[C@H](O)[C@H]1O. The molecule has 8 heteroatoms. The first-order valence-corrected chi connectivity index (χ1v) is 9.60. The maximum atomic E-state index is 11.7. The Morgan fingerprint density at radius 2 is 1.89 bits per heavy atom. The summed E-state index contributed by atoms with van der Waals surface area (Å²) in [6.45, 7) is 1.54. The molecule has 1 heterocycles. The highest BCUT2D eigenvalue weighted by atomic mass is 16.7. The van der Waals surface area contributed by atoms with E-state index in [2.05, 4.69) is 12.2 Å². The van der Waals surface area contributed by atoms with Crippen LogP contribution in [0, 0.1) is 11.8 Å². The zero-order valence-electron chi connectivity index (χ0n) is 15.9. The Labute approximate surface area is 159 Å². The van der Waals surface area contributed by atoms with E-state index in [0.29, 0.717) is 12.8 Å². The van der Waals surface area contributed by atoms with Gasteiger partial charge in [0, 0.05) is 6.42 Å². The monoisotopic (exact) mass is 388 g/mol. The molecule has 0 unspecified atom stereocenters. The zero-order valence-corrected chi connectivity index (χ0v) is 15.9. The fraction of sp³-hybridized carbons (Fsp3) is 0.842. The Balaban J connectivity index is 2.07. The summed E-state index contributed by atoms with van der Waals surface area (Å²) in [4.78, 5) is 11.7. The lowest BCUT2D eigenvalue weighted by Crippen LogP contribution is -2.59. The highest BCUT2D eigenvalue weighted by molar-refractivity contribution is 5.69. The number of carbonyl (C=O) groups excluding carboxylic acids is 1. The van der Waals surface area contributed by atoms with Crippen LogP contribution in [0.3, 0.4) is 0 Å². The van der Waals surface area contributed by atoms with E-state index >= 15 is 0 Å². The summed E-state index contributed by atoms with van der Waals surface area (Å²) < 4.78 is 16.2. The number of hydrogen-bond donors (Lipinski definition) is 4. The quantitative estimate of drug-likeness (QED) is 0.341. The van der Waals surface area contributed by atoms with Crippen molar-refractivity contribution in [3.63, 3.8) is 0 Å². The molecule has 1 aliphatic heterocycles. The van der Waals surface area contributed by atoms with Gasteiger partial charge in [-0.1, -0.05) is 19.1 Å². The number of carbonyl (C=O) groups is 1. The minimum atomic E-state index is -1.47. The average Bonchev–Trinajstić information content (AvgIpc) is 3.03. The summed E-state index contributed by atoms with van der Waals surface area (Å²) in [5.74, 6) is -0.133. The fourth-order valence-corrected chi connectivity index (χ4v) is 3.95. The number of ether oxygens (including phenoxy) is 3. The van der Waals surface area contributed by atoms with Crippen LogP contribution >= 0.6 is 0 Å². The van der Waals surface area contributed by atoms with E-state index < -0.39 is 37.3 Å². The molecule has 0 bridgehead atoms. The van der Waals surface area contributed by atoms with Crippen molar-refractivity contribution in [1.82, 2.24) is 0 Å². The van der Waals surface area contributed by atoms with Crippen LogP contribution in [0.5, 0.6) is 0 Å². The van der Waals surface area contributed by atoms with Gasteiger partial charge in [0.05, 0.1) is 19.8 Å². The number of esters is 1. The van der Waals surface area contributed by atoms with E-state index in [9.17, 15) is 25.2 Å². The van der Waals surface area contributed by atoms with Gasteiger partial charge in [-0.05, 0) is 37.5 Å². The van der Waals surface area contributed by atoms with Gasteiger partial charge < -0.3 is 34.6 Å². The summed E-state index contributed by atoms with van der Waals surface area (Å²) in [5, 5.41) is 39.3. The van der Waals surface area contributed by atoms with Crippen LogP contribution in [-0.4, -0.2) is 76.9 Å². The van der Waals surface area contributed by atoms with E-state index in [1.54, 1.807) is 0 Å². The molecule has 0 radical (unpaired) electrons. The molecule has 0 aromatic rings. The summed E-state index contributed by atoms with van der Waals surface area (Å²) >= 11 is 0. The molecule has 0 aromatic heterocycles. The number of methoxy groups -OCH3 is 1. The number of allylic oxidation sites excluding steroid dienone is 2. The van der Waals surface area contributed by atoms with Crippen LogP contribution in [0.15, 0.2) is 12.2 Å². The Kier molecular flexibility index (Phi) is 8.65. The molecular formula is C19H32O8. The van der Waals surface area contributed by atoms with Gasteiger partial charge in [0.25, 0.3) is 0 Å². The number of aliphatic hydroxyl groups excluding tert-OH is 4. The second-order valence-corrected chi connectivity index (χ2v) is 7.27. The molecule has 8 atom stereocenters. The van der Waals surface area contributed by atoms with E-state index in [0.717, 1.165) is 19.3 Å². The van der Waals surface area contributed by atoms with Crippen LogP contribution in [0.2, 0.25) is 0 Å². The molecule has 27 heavy (non-hydrogen) atoms. The second-order valence-electron chi connectivity index (χ2n) is 7.27. The van der Waals surface area contributed by atoms with E-state index in [1.807, 2.05) is 6.92 Å². The van der Waals surface area contributed by atoms with Gasteiger partial charge in [-0.2, -0.15) is 0 Å². The van der Waals surface area contributed by atoms with Crippen LogP contribution in [0.1, 0.15) is 39.0 Å². The maximum Gasteiger partial charge on any atom is 0.305 e. The van der Waals surface area contributed by atoms with Crippen molar-refractivity contribution >= 4 is 5.97 Å². The van der Waals surface area contributed by atoms with Crippen LogP contribution < -0.4 is 0 Å². The largest absolute Gasteiger partial charge is 0.469 e. The molecule has 1 saturated carbocycles. The number of hydrogen-bond acceptors (Lipinski definition) is 8. The zero-order chi connectivity index (χ0) is 20.0. The minimum Gasteiger partial charge on any atom is -0.469 e. The first-order chi connectivity index (χ1) is 12.9. The van der Waals surface area contributed by atoms with Crippen molar-refractivity contribution < 1.29 is 39.4 Å².